The molecule has 0 atom stereocenters. The van der Waals surface area contributed by atoms with Crippen LogP contribution in [0.5, 0.6) is 0 Å². The second-order valence-electron chi connectivity index (χ2n) is 3.82. The van der Waals surface area contributed by atoms with Crippen molar-refractivity contribution in [1.29, 1.82) is 0 Å². The van der Waals surface area contributed by atoms with Gasteiger partial charge in [-0.05, 0) is 36.8 Å². The number of thiophene rings is 1. The average Bonchev–Trinajstić information content (AvgIpc) is 2.82. The quantitative estimate of drug-likeness (QED) is 0.769. The molecule has 1 aliphatic carbocycles. The molecule has 0 bridgehead atoms. The van der Waals surface area contributed by atoms with E-state index >= 15 is 0 Å². The van der Waals surface area contributed by atoms with Crippen molar-refractivity contribution < 1.29 is 5.11 Å². The zero-order valence-corrected chi connectivity index (χ0v) is 8.66. The highest BCUT2D eigenvalue weighted by atomic mass is 32.1. The summed E-state index contributed by atoms with van der Waals surface area (Å²) in [7, 11) is 0. The number of rotatable bonds is 4. The van der Waals surface area contributed by atoms with Gasteiger partial charge < -0.3 is 10.4 Å². The Labute approximate surface area is 82.6 Å². The highest BCUT2D eigenvalue weighted by Crippen LogP contribution is 2.35. The third-order valence-electron chi connectivity index (χ3n) is 2.75. The molecule has 1 aliphatic rings. The van der Waals surface area contributed by atoms with Gasteiger partial charge in [0.2, 0.25) is 0 Å². The molecular formula is C10H15NOS. The van der Waals surface area contributed by atoms with E-state index in [9.17, 15) is 0 Å². The second kappa shape index (κ2) is 3.40. The molecule has 3 heteroatoms. The molecule has 0 spiro atoms. The monoisotopic (exact) mass is 197 g/mol. The minimum atomic E-state index is 0.0659. The van der Waals surface area contributed by atoms with Crippen LogP contribution in [0.2, 0.25) is 0 Å². The Morgan fingerprint density at radius 1 is 1.62 bits per heavy atom. The van der Waals surface area contributed by atoms with Gasteiger partial charge in [0.25, 0.3) is 0 Å². The summed E-state index contributed by atoms with van der Waals surface area (Å²) in [6.45, 7) is 3.31. The summed E-state index contributed by atoms with van der Waals surface area (Å²) in [5, 5.41) is 14.6. The molecule has 72 valence electrons. The van der Waals surface area contributed by atoms with E-state index in [4.69, 9.17) is 5.11 Å². The fourth-order valence-corrected chi connectivity index (χ4v) is 2.24. The molecule has 0 radical (unpaired) electrons. The molecule has 1 aromatic rings. The van der Waals surface area contributed by atoms with Crippen molar-refractivity contribution >= 4 is 11.3 Å². The molecule has 0 aliphatic heterocycles. The highest BCUT2D eigenvalue weighted by molar-refractivity contribution is 7.10. The van der Waals surface area contributed by atoms with Gasteiger partial charge in [-0.2, -0.15) is 0 Å². The first kappa shape index (κ1) is 9.19. The lowest BCUT2D eigenvalue weighted by Gasteiger charge is -2.13. The fourth-order valence-electron chi connectivity index (χ4n) is 1.39. The molecule has 0 unspecified atom stereocenters. The number of hydrogen-bond acceptors (Lipinski definition) is 3. The first-order valence-electron chi connectivity index (χ1n) is 4.65. The van der Waals surface area contributed by atoms with Gasteiger partial charge in [0.05, 0.1) is 6.61 Å². The first-order chi connectivity index (χ1) is 6.26. The predicted octanol–water partition coefficient (Wildman–Crippen LogP) is 1.67. The van der Waals surface area contributed by atoms with Crippen LogP contribution in [0.4, 0.5) is 0 Å². The number of aliphatic hydroxyl groups is 1. The Hall–Kier alpha value is -0.380. The van der Waals surface area contributed by atoms with Crippen LogP contribution in [0.1, 0.15) is 23.3 Å². The molecule has 0 amide bonds. The summed E-state index contributed by atoms with van der Waals surface area (Å²) < 4.78 is 0. The SMILES string of the molecule is Cc1ccsc1CNC1(CO)CC1. The van der Waals surface area contributed by atoms with Crippen LogP contribution in [0.3, 0.4) is 0 Å². The van der Waals surface area contributed by atoms with E-state index in [0.29, 0.717) is 0 Å². The van der Waals surface area contributed by atoms with Gasteiger partial charge in [-0.1, -0.05) is 0 Å². The van der Waals surface area contributed by atoms with Gasteiger partial charge >= 0.3 is 0 Å². The molecule has 1 aromatic heterocycles. The molecule has 0 saturated heterocycles. The van der Waals surface area contributed by atoms with Crippen molar-refractivity contribution in [3.63, 3.8) is 0 Å². The van der Waals surface area contributed by atoms with E-state index in [1.54, 1.807) is 11.3 Å². The maximum atomic E-state index is 9.10. The Balaban J connectivity index is 1.90. The van der Waals surface area contributed by atoms with E-state index in [0.717, 1.165) is 19.4 Å². The van der Waals surface area contributed by atoms with Gasteiger partial charge in [-0.15, -0.1) is 11.3 Å². The van der Waals surface area contributed by atoms with Crippen LogP contribution in [0.25, 0.3) is 0 Å². The Kier molecular flexibility index (Phi) is 2.41. The smallest absolute Gasteiger partial charge is 0.0613 e. The van der Waals surface area contributed by atoms with Crippen molar-refractivity contribution in [2.45, 2.75) is 31.8 Å². The average molecular weight is 197 g/mol. The highest BCUT2D eigenvalue weighted by Gasteiger charge is 2.41. The minimum Gasteiger partial charge on any atom is -0.394 e. The zero-order chi connectivity index (χ0) is 9.31. The Morgan fingerprint density at radius 2 is 2.38 bits per heavy atom. The normalized spacial score (nSPS) is 18.9. The van der Waals surface area contributed by atoms with Gasteiger partial charge in [0, 0.05) is 17.0 Å². The first-order valence-corrected chi connectivity index (χ1v) is 5.53. The number of aliphatic hydroxyl groups excluding tert-OH is 1. The Morgan fingerprint density at radius 3 is 2.85 bits per heavy atom. The third-order valence-corrected chi connectivity index (χ3v) is 3.77. The summed E-state index contributed by atoms with van der Waals surface area (Å²) in [4.78, 5) is 1.39. The van der Waals surface area contributed by atoms with Crippen LogP contribution in [-0.4, -0.2) is 17.3 Å². The van der Waals surface area contributed by atoms with E-state index in [2.05, 4.69) is 23.7 Å². The van der Waals surface area contributed by atoms with Crippen molar-refractivity contribution in [2.24, 2.45) is 0 Å². The number of hydrogen-bond donors (Lipinski definition) is 2. The molecule has 2 nitrogen and oxygen atoms in total. The molecule has 1 heterocycles. The largest absolute Gasteiger partial charge is 0.394 e. The molecule has 2 N–H and O–H groups in total. The summed E-state index contributed by atoms with van der Waals surface area (Å²) in [5.74, 6) is 0. The topological polar surface area (TPSA) is 32.3 Å². The second-order valence-corrected chi connectivity index (χ2v) is 4.82. The summed E-state index contributed by atoms with van der Waals surface area (Å²) >= 11 is 1.78. The van der Waals surface area contributed by atoms with Crippen molar-refractivity contribution in [3.8, 4) is 0 Å². The van der Waals surface area contributed by atoms with Gasteiger partial charge in [0.15, 0.2) is 0 Å². The molecule has 13 heavy (non-hydrogen) atoms. The van der Waals surface area contributed by atoms with Crippen LogP contribution >= 0.6 is 11.3 Å². The van der Waals surface area contributed by atoms with Gasteiger partial charge in [-0.25, -0.2) is 0 Å². The van der Waals surface area contributed by atoms with Crippen molar-refractivity contribution in [1.82, 2.24) is 5.32 Å². The van der Waals surface area contributed by atoms with E-state index < -0.39 is 0 Å². The van der Waals surface area contributed by atoms with Crippen molar-refractivity contribution in [3.05, 3.63) is 21.9 Å². The number of aryl methyl sites for hydroxylation is 1. The van der Waals surface area contributed by atoms with Gasteiger partial charge in [0.1, 0.15) is 0 Å². The molecule has 2 rings (SSSR count). The Bertz CT molecular complexity index is 291. The van der Waals surface area contributed by atoms with E-state index in [1.165, 1.54) is 10.4 Å². The number of nitrogens with one attached hydrogen (secondary N) is 1. The van der Waals surface area contributed by atoms with Crippen LogP contribution < -0.4 is 5.32 Å². The van der Waals surface area contributed by atoms with Crippen molar-refractivity contribution in [2.75, 3.05) is 6.61 Å². The summed E-state index contributed by atoms with van der Waals surface area (Å²) in [5.41, 5.74) is 1.42. The van der Waals surface area contributed by atoms with E-state index in [-0.39, 0.29) is 12.1 Å². The van der Waals surface area contributed by atoms with Gasteiger partial charge in [-0.3, -0.25) is 0 Å². The zero-order valence-electron chi connectivity index (χ0n) is 7.84. The van der Waals surface area contributed by atoms with Crippen LogP contribution in [0, 0.1) is 6.92 Å². The minimum absolute atomic E-state index is 0.0659. The third kappa shape index (κ3) is 1.93. The maximum Gasteiger partial charge on any atom is 0.0613 e. The standard InChI is InChI=1S/C10H15NOS/c1-8-2-5-13-9(8)6-11-10(7-12)3-4-10/h2,5,11-12H,3-4,6-7H2,1H3. The lowest BCUT2D eigenvalue weighted by molar-refractivity contribution is 0.230. The van der Waals surface area contributed by atoms with Crippen LogP contribution in [0.15, 0.2) is 11.4 Å². The predicted molar refractivity (Wildman–Crippen MR) is 54.9 cm³/mol. The van der Waals surface area contributed by atoms with E-state index in [1.807, 2.05) is 0 Å². The van der Waals surface area contributed by atoms with Crippen LogP contribution in [-0.2, 0) is 6.54 Å². The summed E-state index contributed by atoms with van der Waals surface area (Å²) in [6.07, 6.45) is 2.24. The molecule has 1 fully saturated rings. The maximum absolute atomic E-state index is 9.10. The molecule has 0 aromatic carbocycles. The fraction of sp³-hybridized carbons (Fsp3) is 0.600. The summed E-state index contributed by atoms with van der Waals surface area (Å²) in [6, 6.07) is 2.14. The molecule has 1 saturated carbocycles. The lowest BCUT2D eigenvalue weighted by Crippen LogP contribution is -2.33. The lowest BCUT2D eigenvalue weighted by atomic mass is 10.2. The molecular weight excluding hydrogens is 182 g/mol.